The quantitative estimate of drug-likeness (QED) is 0.756. The van der Waals surface area contributed by atoms with Crippen LogP contribution in [0.4, 0.5) is 9.80 Å². The lowest BCUT2D eigenvalue weighted by molar-refractivity contribution is -0.111. The number of fused-ring (bicyclic) bond motifs is 1. The van der Waals surface area contributed by atoms with Crippen LogP contribution >= 0.6 is 11.3 Å². The van der Waals surface area contributed by atoms with Crippen LogP contribution in [0.25, 0.3) is 6.08 Å². The van der Waals surface area contributed by atoms with Gasteiger partial charge in [-0.3, -0.25) is 4.79 Å². The van der Waals surface area contributed by atoms with E-state index in [0.29, 0.717) is 42.4 Å². The van der Waals surface area contributed by atoms with Crippen LogP contribution < -0.4 is 10.1 Å². The molecular formula is C21H21N3O4S. The summed E-state index contributed by atoms with van der Waals surface area (Å²) in [5.41, 5.74) is 2.14. The molecule has 29 heavy (non-hydrogen) atoms. The normalized spacial score (nSPS) is 12.9. The largest absolute Gasteiger partial charge is 0.496 e. The summed E-state index contributed by atoms with van der Waals surface area (Å²) in [6.45, 7) is 2.94. The summed E-state index contributed by atoms with van der Waals surface area (Å²) in [6, 6.07) is 9.56. The molecule has 7 nitrogen and oxygen atoms in total. The number of nitrogens with one attached hydrogen (secondary N) is 1. The Morgan fingerprint density at radius 2 is 2.17 bits per heavy atom. The van der Waals surface area contributed by atoms with Crippen molar-refractivity contribution in [3.8, 4) is 11.8 Å². The van der Waals surface area contributed by atoms with Gasteiger partial charge in [0.05, 0.1) is 25.8 Å². The summed E-state index contributed by atoms with van der Waals surface area (Å²) in [6.07, 6.45) is 3.26. The third kappa shape index (κ3) is 4.58. The predicted molar refractivity (Wildman–Crippen MR) is 111 cm³/mol. The molecule has 0 fully saturated rings. The van der Waals surface area contributed by atoms with Crippen molar-refractivity contribution in [3.05, 3.63) is 51.9 Å². The van der Waals surface area contributed by atoms with Gasteiger partial charge in [-0.15, -0.1) is 11.3 Å². The molecule has 0 atom stereocenters. The fraction of sp³-hybridized carbons (Fsp3) is 0.286. The van der Waals surface area contributed by atoms with Crippen molar-refractivity contribution in [3.63, 3.8) is 0 Å². The molecule has 1 aromatic carbocycles. The molecule has 2 heterocycles. The zero-order valence-electron chi connectivity index (χ0n) is 16.2. The van der Waals surface area contributed by atoms with Gasteiger partial charge in [0.2, 0.25) is 5.91 Å². The van der Waals surface area contributed by atoms with Gasteiger partial charge in [-0.2, -0.15) is 5.26 Å². The van der Waals surface area contributed by atoms with Crippen molar-refractivity contribution in [1.82, 2.24) is 4.90 Å². The molecule has 0 radical (unpaired) electrons. The van der Waals surface area contributed by atoms with Crippen LogP contribution in [0.2, 0.25) is 0 Å². The number of methoxy groups -OCH3 is 1. The van der Waals surface area contributed by atoms with E-state index in [1.54, 1.807) is 25.0 Å². The smallest absolute Gasteiger partial charge is 0.410 e. The maximum Gasteiger partial charge on any atom is 0.410 e. The van der Waals surface area contributed by atoms with E-state index in [9.17, 15) is 14.9 Å². The minimum atomic E-state index is -0.365. The Bertz CT molecular complexity index is 990. The molecule has 150 valence electrons. The second-order valence-corrected chi connectivity index (χ2v) is 7.36. The van der Waals surface area contributed by atoms with Crippen molar-refractivity contribution in [2.75, 3.05) is 25.6 Å². The van der Waals surface area contributed by atoms with E-state index in [0.717, 1.165) is 16.0 Å². The molecule has 0 spiro atoms. The number of amides is 2. The first-order chi connectivity index (χ1) is 14.1. The number of nitriles is 1. The Kier molecular flexibility index (Phi) is 6.52. The summed E-state index contributed by atoms with van der Waals surface area (Å²) in [5.74, 6) is 0.327. The number of para-hydroxylation sites is 1. The first-order valence-electron chi connectivity index (χ1n) is 9.15. The summed E-state index contributed by atoms with van der Waals surface area (Å²) in [7, 11) is 1.57. The van der Waals surface area contributed by atoms with Gasteiger partial charge in [-0.05, 0) is 31.1 Å². The number of benzene rings is 1. The van der Waals surface area contributed by atoms with Crippen LogP contribution in [0.5, 0.6) is 5.75 Å². The standard InChI is InChI=1S/C21H21N3O4S/c1-3-28-21(26)24-11-10-15-16(12-22)20(29-18(15)13-24)23-19(25)9-8-14-6-4-5-7-17(14)27-2/h4-9H,3,10-11,13H2,1-2H3,(H,23,25). The first-order valence-corrected chi connectivity index (χ1v) is 9.97. The molecule has 8 heteroatoms. The van der Waals surface area contributed by atoms with E-state index >= 15 is 0 Å². The molecule has 2 aromatic rings. The number of hydrogen-bond donors (Lipinski definition) is 1. The Morgan fingerprint density at radius 3 is 2.90 bits per heavy atom. The highest BCUT2D eigenvalue weighted by molar-refractivity contribution is 7.16. The topological polar surface area (TPSA) is 91.7 Å². The van der Waals surface area contributed by atoms with Gasteiger partial charge in [-0.1, -0.05) is 18.2 Å². The van der Waals surface area contributed by atoms with E-state index in [1.165, 1.54) is 17.4 Å². The van der Waals surface area contributed by atoms with Crippen LogP contribution in [0, 0.1) is 11.3 Å². The Balaban J connectivity index is 1.75. The monoisotopic (exact) mass is 411 g/mol. The number of rotatable bonds is 5. The zero-order valence-corrected chi connectivity index (χ0v) is 17.0. The molecule has 0 saturated carbocycles. The molecule has 0 saturated heterocycles. The lowest BCUT2D eigenvalue weighted by Crippen LogP contribution is -2.35. The van der Waals surface area contributed by atoms with Gasteiger partial charge in [0, 0.05) is 23.1 Å². The van der Waals surface area contributed by atoms with Gasteiger partial charge in [0.15, 0.2) is 0 Å². The molecule has 1 aromatic heterocycles. The summed E-state index contributed by atoms with van der Waals surface area (Å²) >= 11 is 1.32. The second kappa shape index (κ2) is 9.26. The van der Waals surface area contributed by atoms with Crippen LogP contribution in [-0.2, 0) is 22.5 Å². The third-order valence-corrected chi connectivity index (χ3v) is 5.62. The molecule has 1 N–H and O–H groups in total. The van der Waals surface area contributed by atoms with Gasteiger partial charge in [0.25, 0.3) is 0 Å². The Hall–Kier alpha value is -3.31. The molecule has 3 rings (SSSR count). The highest BCUT2D eigenvalue weighted by atomic mass is 32.1. The lowest BCUT2D eigenvalue weighted by atomic mass is 10.0. The van der Waals surface area contributed by atoms with Crippen LogP contribution in [0.3, 0.4) is 0 Å². The SMILES string of the molecule is CCOC(=O)N1CCc2c(sc(NC(=O)C=Cc3ccccc3OC)c2C#N)C1. The highest BCUT2D eigenvalue weighted by Crippen LogP contribution is 2.36. The van der Waals surface area contributed by atoms with E-state index in [4.69, 9.17) is 9.47 Å². The van der Waals surface area contributed by atoms with Crippen LogP contribution in [0.15, 0.2) is 30.3 Å². The predicted octanol–water partition coefficient (Wildman–Crippen LogP) is 3.79. The van der Waals surface area contributed by atoms with E-state index in [1.807, 2.05) is 24.3 Å². The lowest BCUT2D eigenvalue weighted by Gasteiger charge is -2.25. The number of carbonyl (C=O) groups excluding carboxylic acids is 2. The maximum atomic E-state index is 12.4. The number of nitrogens with zero attached hydrogens (tertiary/aromatic N) is 2. The van der Waals surface area contributed by atoms with Crippen molar-refractivity contribution in [2.45, 2.75) is 19.9 Å². The summed E-state index contributed by atoms with van der Waals surface area (Å²) in [5, 5.41) is 12.9. The van der Waals surface area contributed by atoms with E-state index < -0.39 is 0 Å². The molecule has 0 bridgehead atoms. The molecule has 0 aliphatic carbocycles. The van der Waals surface area contributed by atoms with E-state index in [2.05, 4.69) is 11.4 Å². The Morgan fingerprint density at radius 1 is 1.38 bits per heavy atom. The number of thiophene rings is 1. The fourth-order valence-electron chi connectivity index (χ4n) is 3.10. The number of ether oxygens (including phenoxy) is 2. The van der Waals surface area contributed by atoms with Gasteiger partial charge in [-0.25, -0.2) is 4.79 Å². The van der Waals surface area contributed by atoms with E-state index in [-0.39, 0.29) is 12.0 Å². The molecular weight excluding hydrogens is 390 g/mol. The van der Waals surface area contributed by atoms with Crippen LogP contribution in [-0.4, -0.2) is 37.2 Å². The fourth-order valence-corrected chi connectivity index (χ4v) is 4.32. The van der Waals surface area contributed by atoms with Crippen molar-refractivity contribution < 1.29 is 19.1 Å². The number of anilines is 1. The van der Waals surface area contributed by atoms with Crippen molar-refractivity contribution in [1.29, 1.82) is 5.26 Å². The number of carbonyl (C=O) groups is 2. The third-order valence-electron chi connectivity index (χ3n) is 4.48. The average molecular weight is 411 g/mol. The molecule has 2 amide bonds. The summed E-state index contributed by atoms with van der Waals surface area (Å²) in [4.78, 5) is 26.9. The van der Waals surface area contributed by atoms with Crippen molar-refractivity contribution in [2.24, 2.45) is 0 Å². The van der Waals surface area contributed by atoms with Crippen LogP contribution in [0.1, 0.15) is 28.5 Å². The van der Waals surface area contributed by atoms with Gasteiger partial charge >= 0.3 is 6.09 Å². The molecule has 1 aliphatic heterocycles. The number of hydrogen-bond acceptors (Lipinski definition) is 6. The molecule has 1 aliphatic rings. The second-order valence-electron chi connectivity index (χ2n) is 6.25. The highest BCUT2D eigenvalue weighted by Gasteiger charge is 2.27. The molecule has 0 unspecified atom stereocenters. The minimum absolute atomic E-state index is 0.315. The van der Waals surface area contributed by atoms with Crippen molar-refractivity contribution >= 4 is 34.4 Å². The minimum Gasteiger partial charge on any atom is -0.496 e. The van der Waals surface area contributed by atoms with Gasteiger partial charge < -0.3 is 19.7 Å². The average Bonchev–Trinajstić information content (AvgIpc) is 3.08. The Labute approximate surface area is 173 Å². The first kappa shape index (κ1) is 20.4. The maximum absolute atomic E-state index is 12.4. The van der Waals surface area contributed by atoms with Gasteiger partial charge in [0.1, 0.15) is 16.8 Å². The zero-order chi connectivity index (χ0) is 20.8. The summed E-state index contributed by atoms with van der Waals surface area (Å²) < 4.78 is 10.3.